The summed E-state index contributed by atoms with van der Waals surface area (Å²) in [7, 11) is 0. The van der Waals surface area contributed by atoms with Gasteiger partial charge in [0.2, 0.25) is 0 Å². The summed E-state index contributed by atoms with van der Waals surface area (Å²) in [6, 6.07) is 0.212. The van der Waals surface area contributed by atoms with Crippen LogP contribution in [0.15, 0.2) is 0 Å². The molecule has 94 valence electrons. The van der Waals surface area contributed by atoms with E-state index in [1.807, 2.05) is 25.6 Å². The van der Waals surface area contributed by atoms with Crippen LogP contribution in [-0.2, 0) is 0 Å². The van der Waals surface area contributed by atoms with Crippen LogP contribution in [0.3, 0.4) is 0 Å². The monoisotopic (exact) mass is 272 g/mol. The first-order valence-electron chi connectivity index (χ1n) is 5.64. The molecule has 17 heavy (non-hydrogen) atoms. The number of carboxylic acid groups (broad SMARTS) is 1. The van der Waals surface area contributed by atoms with E-state index in [1.165, 1.54) is 11.3 Å². The molecule has 1 fully saturated rings. The Hall–Kier alpha value is -0.590. The first-order chi connectivity index (χ1) is 8.09. The summed E-state index contributed by atoms with van der Waals surface area (Å²) in [5, 5.41) is 13.5. The van der Waals surface area contributed by atoms with Crippen LogP contribution in [0.5, 0.6) is 0 Å². The van der Waals surface area contributed by atoms with Gasteiger partial charge in [0.1, 0.15) is 9.88 Å². The molecular formula is C11H16N2O2S2. The highest BCUT2D eigenvalue weighted by molar-refractivity contribution is 7.99. The van der Waals surface area contributed by atoms with Gasteiger partial charge in [-0.25, -0.2) is 9.78 Å². The lowest BCUT2D eigenvalue weighted by atomic mass is 10.1. The highest BCUT2D eigenvalue weighted by Gasteiger charge is 2.24. The van der Waals surface area contributed by atoms with E-state index in [0.29, 0.717) is 4.88 Å². The van der Waals surface area contributed by atoms with Crippen molar-refractivity contribution >= 4 is 29.1 Å². The summed E-state index contributed by atoms with van der Waals surface area (Å²) in [5.41, 5.74) is 0.717. The second-order valence-electron chi connectivity index (χ2n) is 4.31. The molecule has 1 aliphatic rings. The first kappa shape index (κ1) is 12.9. The van der Waals surface area contributed by atoms with Crippen molar-refractivity contribution in [3.63, 3.8) is 0 Å². The molecule has 1 saturated heterocycles. The van der Waals surface area contributed by atoms with E-state index < -0.39 is 5.97 Å². The van der Waals surface area contributed by atoms with Gasteiger partial charge in [0.15, 0.2) is 0 Å². The van der Waals surface area contributed by atoms with Crippen LogP contribution in [0.1, 0.15) is 46.2 Å². The van der Waals surface area contributed by atoms with Gasteiger partial charge in [-0.1, -0.05) is 13.8 Å². The van der Waals surface area contributed by atoms with Gasteiger partial charge in [0.25, 0.3) is 0 Å². The van der Waals surface area contributed by atoms with Crippen molar-refractivity contribution in [2.45, 2.75) is 25.8 Å². The average molecular weight is 272 g/mol. The highest BCUT2D eigenvalue weighted by atomic mass is 32.2. The molecule has 0 aromatic carbocycles. The summed E-state index contributed by atoms with van der Waals surface area (Å²) in [5.74, 6) is 1.39. The van der Waals surface area contributed by atoms with Crippen LogP contribution in [-0.4, -0.2) is 34.1 Å². The van der Waals surface area contributed by atoms with Crippen molar-refractivity contribution in [1.29, 1.82) is 0 Å². The van der Waals surface area contributed by atoms with E-state index in [9.17, 15) is 9.90 Å². The summed E-state index contributed by atoms with van der Waals surface area (Å²) in [6.45, 7) is 4.93. The number of hydrogen-bond acceptors (Lipinski definition) is 5. The lowest BCUT2D eigenvalue weighted by Gasteiger charge is -2.20. The van der Waals surface area contributed by atoms with Gasteiger partial charge in [-0.05, 0) is 5.92 Å². The molecule has 1 aromatic rings. The minimum Gasteiger partial charge on any atom is -0.477 e. The summed E-state index contributed by atoms with van der Waals surface area (Å²) >= 11 is 3.20. The van der Waals surface area contributed by atoms with Gasteiger partial charge in [-0.15, -0.1) is 11.3 Å². The third-order valence-corrected chi connectivity index (χ3v) is 4.87. The number of carbonyl (C=O) groups is 1. The minimum atomic E-state index is -0.860. The van der Waals surface area contributed by atoms with Gasteiger partial charge in [-0.3, -0.25) is 0 Å². The Balaban J connectivity index is 2.29. The Morgan fingerprint density at radius 2 is 2.35 bits per heavy atom. The molecular weight excluding hydrogens is 256 g/mol. The van der Waals surface area contributed by atoms with Crippen LogP contribution in [0.4, 0.5) is 0 Å². The van der Waals surface area contributed by atoms with Crippen molar-refractivity contribution in [2.75, 3.05) is 18.1 Å². The highest BCUT2D eigenvalue weighted by Crippen LogP contribution is 2.31. The third-order valence-electron chi connectivity index (χ3n) is 2.63. The Kier molecular flexibility index (Phi) is 4.06. The fraction of sp³-hybridized carbons (Fsp3) is 0.636. The Bertz CT molecular complexity index is 412. The molecule has 1 unspecified atom stereocenters. The van der Waals surface area contributed by atoms with Crippen LogP contribution in [0, 0.1) is 0 Å². The largest absolute Gasteiger partial charge is 0.477 e. The zero-order valence-electron chi connectivity index (χ0n) is 9.90. The smallest absolute Gasteiger partial charge is 0.347 e. The maximum Gasteiger partial charge on any atom is 0.347 e. The molecule has 2 heterocycles. The van der Waals surface area contributed by atoms with E-state index in [0.717, 1.165) is 28.8 Å². The number of rotatable bonds is 3. The van der Waals surface area contributed by atoms with E-state index in [-0.39, 0.29) is 12.0 Å². The summed E-state index contributed by atoms with van der Waals surface area (Å²) in [6.07, 6.45) is 0. The predicted octanol–water partition coefficient (Wildman–Crippen LogP) is 2.34. The zero-order valence-corrected chi connectivity index (χ0v) is 11.5. The van der Waals surface area contributed by atoms with Crippen molar-refractivity contribution in [1.82, 2.24) is 10.3 Å². The molecule has 2 N–H and O–H groups in total. The molecule has 0 aliphatic carbocycles. The van der Waals surface area contributed by atoms with Crippen molar-refractivity contribution in [2.24, 2.45) is 0 Å². The molecule has 1 aliphatic heterocycles. The molecule has 0 saturated carbocycles. The summed E-state index contributed by atoms with van der Waals surface area (Å²) < 4.78 is 0. The molecule has 1 atom stereocenters. The number of aromatic carboxylic acids is 1. The predicted molar refractivity (Wildman–Crippen MR) is 71.2 cm³/mol. The van der Waals surface area contributed by atoms with Gasteiger partial charge in [0.05, 0.1) is 11.7 Å². The quantitative estimate of drug-likeness (QED) is 0.884. The van der Waals surface area contributed by atoms with Crippen LogP contribution >= 0.6 is 23.1 Å². The lowest BCUT2D eigenvalue weighted by Crippen LogP contribution is -2.30. The van der Waals surface area contributed by atoms with Gasteiger partial charge in [0, 0.05) is 18.1 Å². The fourth-order valence-electron chi connectivity index (χ4n) is 1.77. The van der Waals surface area contributed by atoms with Crippen molar-refractivity contribution in [3.05, 3.63) is 15.6 Å². The third kappa shape index (κ3) is 2.81. The number of carboxylic acids is 1. The number of thiazole rings is 1. The van der Waals surface area contributed by atoms with E-state index >= 15 is 0 Å². The van der Waals surface area contributed by atoms with Crippen LogP contribution in [0.25, 0.3) is 0 Å². The molecule has 0 amide bonds. The molecule has 6 heteroatoms. The standard InChI is InChI=1S/C11H16N2O2S2/c1-6(2)8-9(11(14)15)17-10(13-8)7-5-16-4-3-12-7/h6-7,12H,3-5H2,1-2H3,(H,14,15). The lowest BCUT2D eigenvalue weighted by molar-refractivity contribution is 0.0700. The topological polar surface area (TPSA) is 62.2 Å². The van der Waals surface area contributed by atoms with Gasteiger partial charge < -0.3 is 10.4 Å². The molecule has 1 aromatic heterocycles. The van der Waals surface area contributed by atoms with Gasteiger partial charge >= 0.3 is 5.97 Å². The van der Waals surface area contributed by atoms with E-state index in [1.54, 1.807) is 0 Å². The number of nitrogens with one attached hydrogen (secondary N) is 1. The number of nitrogens with zero attached hydrogens (tertiary/aromatic N) is 1. The number of hydrogen-bond donors (Lipinski definition) is 2. The molecule has 4 nitrogen and oxygen atoms in total. The number of aromatic nitrogens is 1. The zero-order chi connectivity index (χ0) is 12.4. The average Bonchev–Trinajstić information content (AvgIpc) is 2.75. The first-order valence-corrected chi connectivity index (χ1v) is 7.61. The van der Waals surface area contributed by atoms with Gasteiger partial charge in [-0.2, -0.15) is 11.8 Å². The second kappa shape index (κ2) is 5.37. The second-order valence-corrected chi connectivity index (χ2v) is 6.49. The molecule has 0 spiro atoms. The molecule has 0 bridgehead atoms. The maximum atomic E-state index is 11.2. The molecule has 0 radical (unpaired) electrons. The molecule has 2 rings (SSSR count). The SMILES string of the molecule is CC(C)c1nc(C2CSCCN2)sc1C(=O)O. The fourth-order valence-corrected chi connectivity index (χ4v) is 3.95. The van der Waals surface area contributed by atoms with Crippen molar-refractivity contribution < 1.29 is 9.90 Å². The normalized spacial score (nSPS) is 20.8. The number of thioether (sulfide) groups is 1. The van der Waals surface area contributed by atoms with E-state index in [2.05, 4.69) is 10.3 Å². The maximum absolute atomic E-state index is 11.2. The Morgan fingerprint density at radius 1 is 1.59 bits per heavy atom. The summed E-state index contributed by atoms with van der Waals surface area (Å²) in [4.78, 5) is 16.1. The Labute approximate surface area is 109 Å². The van der Waals surface area contributed by atoms with Crippen LogP contribution < -0.4 is 5.32 Å². The van der Waals surface area contributed by atoms with E-state index in [4.69, 9.17) is 0 Å². The van der Waals surface area contributed by atoms with Crippen molar-refractivity contribution in [3.8, 4) is 0 Å². The van der Waals surface area contributed by atoms with Crippen LogP contribution in [0.2, 0.25) is 0 Å². The minimum absolute atomic E-state index is 0.155. The Morgan fingerprint density at radius 3 is 2.82 bits per heavy atom.